The predicted octanol–water partition coefficient (Wildman–Crippen LogP) is 4.30. The standard InChI is InChI=1S/C26H24N2O3/c1-2-18-13-15-20(16-14-18)23-22-24(31-28(23)21-11-7-4-8-12-21)26(30)27(25(22)29)17-19-9-5-3-6-10-19/h3-16,22-24H,2,17H2,1H3. The molecule has 2 saturated heterocycles. The molecule has 2 amide bonds. The third kappa shape index (κ3) is 3.41. The Balaban J connectivity index is 1.52. The molecule has 3 atom stereocenters. The summed E-state index contributed by atoms with van der Waals surface area (Å²) < 4.78 is 0. The minimum Gasteiger partial charge on any atom is -0.275 e. The Kier molecular flexibility index (Phi) is 5.04. The van der Waals surface area contributed by atoms with Gasteiger partial charge in [0.1, 0.15) is 5.92 Å². The van der Waals surface area contributed by atoms with Crippen LogP contribution in [-0.4, -0.2) is 22.8 Å². The number of para-hydroxylation sites is 1. The van der Waals surface area contributed by atoms with Crippen molar-refractivity contribution in [2.45, 2.75) is 32.0 Å². The zero-order valence-electron chi connectivity index (χ0n) is 17.3. The Morgan fingerprint density at radius 2 is 1.42 bits per heavy atom. The van der Waals surface area contributed by atoms with Gasteiger partial charge in [0.25, 0.3) is 5.91 Å². The fourth-order valence-corrected chi connectivity index (χ4v) is 4.48. The number of carbonyl (C=O) groups is 2. The fraction of sp³-hybridized carbons (Fsp3) is 0.231. The average Bonchev–Trinajstić information content (AvgIpc) is 3.32. The van der Waals surface area contributed by atoms with Crippen LogP contribution in [0.3, 0.4) is 0 Å². The molecule has 3 unspecified atom stereocenters. The molecule has 0 bridgehead atoms. The van der Waals surface area contributed by atoms with Crippen LogP contribution in [0.15, 0.2) is 84.9 Å². The van der Waals surface area contributed by atoms with Crippen molar-refractivity contribution in [1.29, 1.82) is 0 Å². The molecule has 0 aliphatic carbocycles. The first-order chi connectivity index (χ1) is 15.2. The Morgan fingerprint density at radius 1 is 0.774 bits per heavy atom. The number of fused-ring (bicyclic) bond motifs is 1. The maximum absolute atomic E-state index is 13.5. The van der Waals surface area contributed by atoms with Gasteiger partial charge in [0.05, 0.1) is 18.3 Å². The SMILES string of the molecule is CCc1ccc(C2C3C(=O)N(Cc4ccccc4)C(=O)C3ON2c2ccccc2)cc1. The third-order valence-corrected chi connectivity index (χ3v) is 6.13. The van der Waals surface area contributed by atoms with E-state index in [-0.39, 0.29) is 24.4 Å². The van der Waals surface area contributed by atoms with Crippen molar-refractivity contribution in [2.24, 2.45) is 5.92 Å². The fourth-order valence-electron chi connectivity index (χ4n) is 4.48. The van der Waals surface area contributed by atoms with Crippen LogP contribution in [0.1, 0.15) is 29.7 Å². The van der Waals surface area contributed by atoms with Crippen LogP contribution in [0.25, 0.3) is 0 Å². The van der Waals surface area contributed by atoms with E-state index in [0.29, 0.717) is 0 Å². The summed E-state index contributed by atoms with van der Waals surface area (Å²) >= 11 is 0. The number of nitrogens with zero attached hydrogens (tertiary/aromatic N) is 2. The number of rotatable bonds is 5. The average molecular weight is 412 g/mol. The minimum absolute atomic E-state index is 0.179. The largest absolute Gasteiger partial charge is 0.275 e. The van der Waals surface area contributed by atoms with Gasteiger partial charge in [-0.2, -0.15) is 0 Å². The van der Waals surface area contributed by atoms with Gasteiger partial charge in [-0.05, 0) is 35.2 Å². The van der Waals surface area contributed by atoms with E-state index in [1.807, 2.05) is 72.8 Å². The van der Waals surface area contributed by atoms with Gasteiger partial charge in [-0.1, -0.05) is 79.7 Å². The molecule has 5 nitrogen and oxygen atoms in total. The first-order valence-electron chi connectivity index (χ1n) is 10.7. The zero-order chi connectivity index (χ0) is 21.4. The van der Waals surface area contributed by atoms with Gasteiger partial charge >= 0.3 is 0 Å². The van der Waals surface area contributed by atoms with Gasteiger partial charge in [0, 0.05) is 0 Å². The second-order valence-corrected chi connectivity index (χ2v) is 8.00. The van der Waals surface area contributed by atoms with Crippen molar-refractivity contribution in [3.63, 3.8) is 0 Å². The van der Waals surface area contributed by atoms with E-state index >= 15 is 0 Å². The minimum atomic E-state index is -0.813. The summed E-state index contributed by atoms with van der Waals surface area (Å²) in [6.07, 6.45) is 0.130. The van der Waals surface area contributed by atoms with E-state index in [1.165, 1.54) is 10.5 Å². The second kappa shape index (κ2) is 8.00. The summed E-state index contributed by atoms with van der Waals surface area (Å²) in [7, 11) is 0. The quantitative estimate of drug-likeness (QED) is 0.587. The van der Waals surface area contributed by atoms with Crippen LogP contribution in [0.4, 0.5) is 5.69 Å². The number of hydrogen-bond donors (Lipinski definition) is 0. The Labute approximate surface area is 181 Å². The number of hydroxylamine groups is 1. The van der Waals surface area contributed by atoms with Crippen LogP contribution in [0.5, 0.6) is 0 Å². The van der Waals surface area contributed by atoms with Crippen LogP contribution in [0.2, 0.25) is 0 Å². The normalized spacial score (nSPS) is 22.8. The van der Waals surface area contributed by atoms with Crippen LogP contribution >= 0.6 is 0 Å². The third-order valence-electron chi connectivity index (χ3n) is 6.13. The molecule has 3 aromatic carbocycles. The van der Waals surface area contributed by atoms with Crippen molar-refractivity contribution in [2.75, 3.05) is 5.06 Å². The van der Waals surface area contributed by atoms with E-state index in [1.54, 1.807) is 5.06 Å². The summed E-state index contributed by atoms with van der Waals surface area (Å²) in [6, 6.07) is 27.1. The number of carbonyl (C=O) groups excluding carboxylic acids is 2. The highest BCUT2D eigenvalue weighted by Crippen LogP contribution is 2.46. The number of imide groups is 1. The van der Waals surface area contributed by atoms with Crippen LogP contribution < -0.4 is 5.06 Å². The number of anilines is 1. The molecule has 2 aliphatic rings. The highest BCUT2D eigenvalue weighted by Gasteiger charge is 2.59. The lowest BCUT2D eigenvalue weighted by Gasteiger charge is -2.29. The van der Waals surface area contributed by atoms with E-state index in [0.717, 1.165) is 23.2 Å². The van der Waals surface area contributed by atoms with Crippen molar-refractivity contribution in [1.82, 2.24) is 4.90 Å². The predicted molar refractivity (Wildman–Crippen MR) is 118 cm³/mol. The molecule has 156 valence electrons. The Hall–Kier alpha value is -3.44. The van der Waals surface area contributed by atoms with Crippen molar-refractivity contribution in [3.8, 4) is 0 Å². The van der Waals surface area contributed by atoms with Gasteiger partial charge in [0.15, 0.2) is 6.10 Å². The van der Waals surface area contributed by atoms with Crippen molar-refractivity contribution in [3.05, 3.63) is 102 Å². The summed E-state index contributed by atoms with van der Waals surface area (Å²) in [5.74, 6) is -1.03. The topological polar surface area (TPSA) is 49.9 Å². The monoisotopic (exact) mass is 412 g/mol. The molecule has 2 fully saturated rings. The van der Waals surface area contributed by atoms with E-state index in [4.69, 9.17) is 4.84 Å². The molecular weight excluding hydrogens is 388 g/mol. The molecule has 0 aromatic heterocycles. The molecule has 0 saturated carbocycles. The smallest absolute Gasteiger partial charge is 0.262 e. The molecule has 0 radical (unpaired) electrons. The van der Waals surface area contributed by atoms with E-state index in [2.05, 4.69) is 19.1 Å². The number of hydrogen-bond acceptors (Lipinski definition) is 4. The number of amides is 2. The molecule has 5 rings (SSSR count). The van der Waals surface area contributed by atoms with Gasteiger partial charge in [-0.25, -0.2) is 5.06 Å². The Bertz CT molecular complexity index is 1080. The van der Waals surface area contributed by atoms with Gasteiger partial charge in [-0.3, -0.25) is 19.3 Å². The lowest BCUT2D eigenvalue weighted by Crippen LogP contribution is -2.36. The summed E-state index contributed by atoms with van der Waals surface area (Å²) in [5, 5.41) is 1.74. The molecule has 3 aromatic rings. The number of likely N-dealkylation sites (tertiary alicyclic amines) is 1. The molecule has 0 spiro atoms. The van der Waals surface area contributed by atoms with E-state index < -0.39 is 12.0 Å². The highest BCUT2D eigenvalue weighted by molar-refractivity contribution is 6.07. The lowest BCUT2D eigenvalue weighted by atomic mass is 9.90. The number of benzene rings is 3. The van der Waals surface area contributed by atoms with Crippen molar-refractivity contribution >= 4 is 17.5 Å². The van der Waals surface area contributed by atoms with Gasteiger partial charge in [-0.15, -0.1) is 0 Å². The molecule has 5 heteroatoms. The van der Waals surface area contributed by atoms with Crippen molar-refractivity contribution < 1.29 is 14.4 Å². The maximum atomic E-state index is 13.5. The zero-order valence-corrected chi connectivity index (χ0v) is 17.3. The highest BCUT2D eigenvalue weighted by atomic mass is 16.7. The second-order valence-electron chi connectivity index (χ2n) is 8.00. The maximum Gasteiger partial charge on any atom is 0.262 e. The molecule has 0 N–H and O–H groups in total. The summed E-state index contributed by atoms with van der Waals surface area (Å²) in [6.45, 7) is 2.38. The molecule has 2 aliphatic heterocycles. The van der Waals surface area contributed by atoms with Crippen LogP contribution in [0, 0.1) is 5.92 Å². The molecule has 2 heterocycles. The number of aryl methyl sites for hydroxylation is 1. The Morgan fingerprint density at radius 3 is 2.06 bits per heavy atom. The lowest BCUT2D eigenvalue weighted by molar-refractivity contribution is -0.143. The van der Waals surface area contributed by atoms with Gasteiger partial charge < -0.3 is 0 Å². The van der Waals surface area contributed by atoms with Crippen LogP contribution in [-0.2, 0) is 27.4 Å². The summed E-state index contributed by atoms with van der Waals surface area (Å²) in [4.78, 5) is 34.2. The van der Waals surface area contributed by atoms with E-state index in [9.17, 15) is 9.59 Å². The summed E-state index contributed by atoms with van der Waals surface area (Å²) in [5.41, 5.74) is 3.95. The molecule has 31 heavy (non-hydrogen) atoms. The van der Waals surface area contributed by atoms with Gasteiger partial charge in [0.2, 0.25) is 5.91 Å². The molecular formula is C26H24N2O3. The first kappa shape index (κ1) is 19.5. The first-order valence-corrected chi connectivity index (χ1v) is 10.7.